The molecule has 2 heterocycles. The second-order valence-electron chi connectivity index (χ2n) is 5.18. The molecule has 0 radical (unpaired) electrons. The summed E-state index contributed by atoms with van der Waals surface area (Å²) in [6.45, 7) is 0. The van der Waals surface area contributed by atoms with Crippen molar-refractivity contribution in [3.8, 4) is 0 Å². The second-order valence-corrected chi connectivity index (χ2v) is 5.18. The zero-order chi connectivity index (χ0) is 14.9. The predicted octanol–water partition coefficient (Wildman–Crippen LogP) is 2.33. The number of hydrogen-bond donors (Lipinski definition) is 3. The predicted molar refractivity (Wildman–Crippen MR) is 76.0 cm³/mol. The highest BCUT2D eigenvalue weighted by Gasteiger charge is 2.52. The first-order chi connectivity index (χ1) is 10.1. The van der Waals surface area contributed by atoms with E-state index in [1.165, 1.54) is 6.20 Å². The molecule has 0 aliphatic heterocycles. The highest BCUT2D eigenvalue weighted by Crippen LogP contribution is 2.55. The fourth-order valence-corrected chi connectivity index (χ4v) is 2.51. The van der Waals surface area contributed by atoms with Crippen LogP contribution in [0.1, 0.15) is 30.3 Å². The molecule has 1 saturated carbocycles. The second kappa shape index (κ2) is 5.14. The molecule has 0 bridgehead atoms. The van der Waals surface area contributed by atoms with E-state index in [0.29, 0.717) is 11.4 Å². The highest BCUT2D eigenvalue weighted by atomic mass is 16.4. The molecule has 1 aliphatic carbocycles. The number of nitrogens with one attached hydrogen (secondary N) is 1. The minimum Gasteiger partial charge on any atom is -0.465 e. The molecule has 0 aromatic carbocycles. The molecule has 21 heavy (non-hydrogen) atoms. The Hall–Kier alpha value is -2.47. The first-order valence-electron chi connectivity index (χ1n) is 6.67. The van der Waals surface area contributed by atoms with Gasteiger partial charge in [0.2, 0.25) is 0 Å². The number of aliphatic hydroxyl groups is 1. The van der Waals surface area contributed by atoms with Crippen molar-refractivity contribution in [2.75, 3.05) is 5.32 Å². The Labute approximate surface area is 121 Å². The van der Waals surface area contributed by atoms with Crippen LogP contribution in [0.3, 0.4) is 0 Å². The minimum atomic E-state index is -1.14. The Morgan fingerprint density at radius 3 is 2.57 bits per heavy atom. The van der Waals surface area contributed by atoms with Crippen LogP contribution in [0, 0.1) is 0 Å². The molecule has 108 valence electrons. The van der Waals surface area contributed by atoms with E-state index in [-0.39, 0.29) is 5.41 Å². The summed E-state index contributed by atoms with van der Waals surface area (Å²) in [6.07, 6.45) is 2.96. The van der Waals surface area contributed by atoms with Gasteiger partial charge in [-0.05, 0) is 37.1 Å². The first kappa shape index (κ1) is 13.5. The SMILES string of the molecule is O=C(O)Nc1ccc(C(O)C2(c3ccccn3)CC2)nc1. The van der Waals surface area contributed by atoms with Gasteiger partial charge in [0.15, 0.2) is 0 Å². The van der Waals surface area contributed by atoms with Crippen LogP contribution >= 0.6 is 0 Å². The highest BCUT2D eigenvalue weighted by molar-refractivity contribution is 5.82. The largest absolute Gasteiger partial charge is 0.465 e. The third kappa shape index (κ3) is 2.57. The summed E-state index contributed by atoms with van der Waals surface area (Å²) < 4.78 is 0. The number of anilines is 1. The lowest BCUT2D eigenvalue weighted by Gasteiger charge is -2.21. The lowest BCUT2D eigenvalue weighted by molar-refractivity contribution is 0.126. The van der Waals surface area contributed by atoms with Crippen LogP contribution in [-0.4, -0.2) is 26.3 Å². The zero-order valence-electron chi connectivity index (χ0n) is 11.2. The van der Waals surface area contributed by atoms with Gasteiger partial charge in [0.1, 0.15) is 6.10 Å². The lowest BCUT2D eigenvalue weighted by atomic mass is 9.92. The van der Waals surface area contributed by atoms with Gasteiger partial charge in [-0.2, -0.15) is 0 Å². The fourth-order valence-electron chi connectivity index (χ4n) is 2.51. The molecule has 3 N–H and O–H groups in total. The summed E-state index contributed by atoms with van der Waals surface area (Å²) in [4.78, 5) is 19.0. The Morgan fingerprint density at radius 2 is 2.05 bits per heavy atom. The number of hydrogen-bond acceptors (Lipinski definition) is 4. The number of aliphatic hydroxyl groups excluding tert-OH is 1. The zero-order valence-corrected chi connectivity index (χ0v) is 11.2. The molecule has 1 unspecified atom stereocenters. The maximum Gasteiger partial charge on any atom is 0.409 e. The molecule has 1 aliphatic rings. The molecule has 3 rings (SSSR count). The molecule has 1 atom stereocenters. The van der Waals surface area contributed by atoms with E-state index in [4.69, 9.17) is 5.11 Å². The maximum atomic E-state index is 10.6. The van der Waals surface area contributed by atoms with Gasteiger partial charge in [-0.1, -0.05) is 6.07 Å². The van der Waals surface area contributed by atoms with Crippen LogP contribution in [-0.2, 0) is 5.41 Å². The average Bonchev–Trinajstić information content (AvgIpc) is 3.29. The Kier molecular flexibility index (Phi) is 3.31. The third-order valence-electron chi connectivity index (χ3n) is 3.80. The summed E-state index contributed by atoms with van der Waals surface area (Å²) in [5, 5.41) is 21.5. The normalized spacial score (nSPS) is 17.0. The topological polar surface area (TPSA) is 95.3 Å². The first-order valence-corrected chi connectivity index (χ1v) is 6.67. The van der Waals surface area contributed by atoms with Gasteiger partial charge >= 0.3 is 6.09 Å². The monoisotopic (exact) mass is 285 g/mol. The van der Waals surface area contributed by atoms with Gasteiger partial charge < -0.3 is 10.2 Å². The summed E-state index contributed by atoms with van der Waals surface area (Å²) in [5.41, 5.74) is 1.40. The fraction of sp³-hybridized carbons (Fsp3) is 0.267. The molecule has 0 spiro atoms. The smallest absolute Gasteiger partial charge is 0.409 e. The number of aromatic nitrogens is 2. The molecular formula is C15H15N3O3. The minimum absolute atomic E-state index is 0.365. The van der Waals surface area contributed by atoms with Gasteiger partial charge in [0.05, 0.1) is 17.6 Å². The molecule has 2 aromatic rings. The van der Waals surface area contributed by atoms with E-state index in [2.05, 4.69) is 15.3 Å². The number of carboxylic acid groups (broad SMARTS) is 1. The van der Waals surface area contributed by atoms with E-state index in [1.54, 1.807) is 18.3 Å². The quantitative estimate of drug-likeness (QED) is 0.801. The summed E-state index contributed by atoms with van der Waals surface area (Å²) >= 11 is 0. The Balaban J connectivity index is 1.82. The Morgan fingerprint density at radius 1 is 1.24 bits per heavy atom. The van der Waals surface area contributed by atoms with Gasteiger partial charge in [0.25, 0.3) is 0 Å². The van der Waals surface area contributed by atoms with Crippen molar-refractivity contribution in [3.05, 3.63) is 54.1 Å². The number of pyridine rings is 2. The van der Waals surface area contributed by atoms with Crippen LogP contribution in [0.4, 0.5) is 10.5 Å². The number of carbonyl (C=O) groups is 1. The van der Waals surface area contributed by atoms with E-state index in [0.717, 1.165) is 18.5 Å². The van der Waals surface area contributed by atoms with Crippen molar-refractivity contribution >= 4 is 11.8 Å². The Bertz CT molecular complexity index is 639. The van der Waals surface area contributed by atoms with Crippen molar-refractivity contribution < 1.29 is 15.0 Å². The van der Waals surface area contributed by atoms with Crippen LogP contribution < -0.4 is 5.32 Å². The molecule has 2 aromatic heterocycles. The molecular weight excluding hydrogens is 270 g/mol. The summed E-state index contributed by atoms with van der Waals surface area (Å²) in [7, 11) is 0. The van der Waals surface area contributed by atoms with Gasteiger partial charge in [-0.15, -0.1) is 0 Å². The van der Waals surface area contributed by atoms with Crippen LogP contribution in [0.15, 0.2) is 42.7 Å². The van der Waals surface area contributed by atoms with E-state index < -0.39 is 12.2 Å². The van der Waals surface area contributed by atoms with E-state index in [9.17, 15) is 9.90 Å². The van der Waals surface area contributed by atoms with Crippen molar-refractivity contribution in [1.29, 1.82) is 0 Å². The van der Waals surface area contributed by atoms with Crippen LogP contribution in [0.5, 0.6) is 0 Å². The summed E-state index contributed by atoms with van der Waals surface area (Å²) in [5.74, 6) is 0. The van der Waals surface area contributed by atoms with Crippen molar-refractivity contribution in [2.45, 2.75) is 24.4 Å². The summed E-state index contributed by atoms with van der Waals surface area (Å²) in [6, 6.07) is 8.89. The van der Waals surface area contributed by atoms with Crippen LogP contribution in [0.25, 0.3) is 0 Å². The average molecular weight is 285 g/mol. The van der Waals surface area contributed by atoms with E-state index >= 15 is 0 Å². The van der Waals surface area contributed by atoms with Crippen molar-refractivity contribution in [1.82, 2.24) is 9.97 Å². The third-order valence-corrected chi connectivity index (χ3v) is 3.80. The molecule has 1 fully saturated rings. The number of rotatable bonds is 4. The van der Waals surface area contributed by atoms with Gasteiger partial charge in [0, 0.05) is 17.3 Å². The van der Waals surface area contributed by atoms with Crippen molar-refractivity contribution in [2.24, 2.45) is 0 Å². The van der Waals surface area contributed by atoms with Crippen molar-refractivity contribution in [3.63, 3.8) is 0 Å². The molecule has 1 amide bonds. The van der Waals surface area contributed by atoms with Gasteiger partial charge in [-0.25, -0.2) is 4.79 Å². The van der Waals surface area contributed by atoms with Gasteiger partial charge in [-0.3, -0.25) is 15.3 Å². The number of amides is 1. The van der Waals surface area contributed by atoms with Crippen LogP contribution in [0.2, 0.25) is 0 Å². The van der Waals surface area contributed by atoms with E-state index in [1.807, 2.05) is 18.2 Å². The molecule has 6 nitrogen and oxygen atoms in total. The molecule has 0 saturated heterocycles. The standard InChI is InChI=1S/C15H15N3O3/c19-13(11-5-4-10(9-17-11)18-14(20)21)15(6-7-15)12-3-1-2-8-16-12/h1-5,8-9,13,18-19H,6-7H2,(H,20,21). The maximum absolute atomic E-state index is 10.6. The number of nitrogens with zero attached hydrogens (tertiary/aromatic N) is 2. The molecule has 6 heteroatoms. The lowest BCUT2D eigenvalue weighted by Crippen LogP contribution is -2.20.